The standard InChI is InChI=1S/C35H53N3O7/c1-25-12-13-26(2)32(11-6-4-5-7-14-37-35(41)38-17-15-36-16-18-38)45-34(40)24-31-21-27(22-33(39)42-3)20-30(44-31)23-29-10-8-9-28(19-25)43-29/h4-6,11-13,22,25-26,28-32,36H,7-10,14-21,23-24H2,1-3H3,(H,37,41)/b5-4-,11-6+,13-12+,27-22-. The molecular weight excluding hydrogens is 574 g/mol. The number of carbonyl (C=O) groups excluding carboxylic acids is 3. The first-order valence-electron chi connectivity index (χ1n) is 16.8. The molecule has 250 valence electrons. The SMILES string of the molecule is COC(=O)/C=C1\CC2CC(=O)OC(/C=C/C=C\CCNC(=O)N3CCNCC3)C(C)/C=C/C(C)CC3CCCC(CC(C1)O2)O3. The predicted molar refractivity (Wildman–Crippen MR) is 172 cm³/mol. The molecule has 0 spiro atoms. The highest BCUT2D eigenvalue weighted by molar-refractivity contribution is 5.82. The average molecular weight is 628 g/mol. The van der Waals surface area contributed by atoms with E-state index in [0.29, 0.717) is 31.7 Å². The summed E-state index contributed by atoms with van der Waals surface area (Å²) in [5.74, 6) is -0.438. The molecule has 45 heavy (non-hydrogen) atoms. The Morgan fingerprint density at radius 1 is 1.00 bits per heavy atom. The summed E-state index contributed by atoms with van der Waals surface area (Å²) in [7, 11) is 1.37. The van der Waals surface area contributed by atoms with Crippen LogP contribution in [0.5, 0.6) is 0 Å². The molecule has 10 nitrogen and oxygen atoms in total. The first-order chi connectivity index (χ1) is 21.8. The molecule has 3 fully saturated rings. The fourth-order valence-electron chi connectivity index (χ4n) is 6.53. The summed E-state index contributed by atoms with van der Waals surface area (Å²) in [4.78, 5) is 39.4. The van der Waals surface area contributed by atoms with Gasteiger partial charge < -0.3 is 34.5 Å². The summed E-state index contributed by atoms with van der Waals surface area (Å²) in [6, 6.07) is -0.0238. The fourth-order valence-corrected chi connectivity index (χ4v) is 6.53. The normalized spacial score (nSPS) is 33.6. The number of carbonyl (C=O) groups is 3. The van der Waals surface area contributed by atoms with Crippen LogP contribution in [-0.2, 0) is 28.5 Å². The number of nitrogens with one attached hydrogen (secondary N) is 2. The van der Waals surface area contributed by atoms with Crippen molar-refractivity contribution in [1.29, 1.82) is 0 Å². The van der Waals surface area contributed by atoms with Gasteiger partial charge in [0.2, 0.25) is 0 Å². The van der Waals surface area contributed by atoms with Crippen LogP contribution in [0.3, 0.4) is 0 Å². The van der Waals surface area contributed by atoms with Crippen molar-refractivity contribution < 1.29 is 33.3 Å². The molecule has 0 aromatic carbocycles. The van der Waals surface area contributed by atoms with Gasteiger partial charge in [0.05, 0.1) is 37.9 Å². The molecule has 10 heteroatoms. The molecule has 7 unspecified atom stereocenters. The highest BCUT2D eigenvalue weighted by Gasteiger charge is 2.33. The lowest BCUT2D eigenvalue weighted by Gasteiger charge is -2.37. The van der Waals surface area contributed by atoms with Crippen molar-refractivity contribution in [2.75, 3.05) is 39.8 Å². The number of fused-ring (bicyclic) bond motifs is 4. The average Bonchev–Trinajstić information content (AvgIpc) is 3.02. The Labute approximate surface area is 268 Å². The Morgan fingerprint density at radius 3 is 2.51 bits per heavy atom. The maximum atomic E-state index is 13.3. The minimum Gasteiger partial charge on any atom is -0.466 e. The molecular formula is C35H53N3O7. The number of esters is 2. The number of nitrogens with zero attached hydrogens (tertiary/aromatic N) is 1. The van der Waals surface area contributed by atoms with Gasteiger partial charge >= 0.3 is 18.0 Å². The van der Waals surface area contributed by atoms with Crippen LogP contribution in [0, 0.1) is 11.8 Å². The van der Waals surface area contributed by atoms with Gasteiger partial charge in [0.15, 0.2) is 0 Å². The van der Waals surface area contributed by atoms with Gasteiger partial charge in [0.1, 0.15) is 6.10 Å². The molecule has 2 N–H and O–H groups in total. The van der Waals surface area contributed by atoms with Crippen molar-refractivity contribution in [3.63, 3.8) is 0 Å². The molecule has 3 saturated heterocycles. The molecule has 4 bridgehead atoms. The lowest BCUT2D eigenvalue weighted by molar-refractivity contribution is -0.154. The van der Waals surface area contributed by atoms with Crippen molar-refractivity contribution >= 4 is 18.0 Å². The fraction of sp³-hybridized carbons (Fsp3) is 0.686. The van der Waals surface area contributed by atoms with E-state index in [9.17, 15) is 14.4 Å². The second-order valence-electron chi connectivity index (χ2n) is 12.8. The molecule has 0 aromatic heterocycles. The molecule has 0 radical (unpaired) electrons. The molecule has 0 aliphatic carbocycles. The zero-order valence-corrected chi connectivity index (χ0v) is 27.3. The van der Waals surface area contributed by atoms with Gasteiger partial charge in [-0.05, 0) is 56.9 Å². The number of rotatable bonds is 6. The molecule has 4 aliphatic heterocycles. The van der Waals surface area contributed by atoms with E-state index in [1.54, 1.807) is 6.08 Å². The van der Waals surface area contributed by atoms with E-state index in [0.717, 1.165) is 63.9 Å². The molecule has 0 aromatic rings. The third kappa shape index (κ3) is 12.1. The van der Waals surface area contributed by atoms with Crippen LogP contribution in [0.25, 0.3) is 0 Å². The summed E-state index contributed by atoms with van der Waals surface area (Å²) in [6.07, 6.45) is 19.7. The first-order valence-corrected chi connectivity index (χ1v) is 16.8. The third-order valence-corrected chi connectivity index (χ3v) is 8.95. The van der Waals surface area contributed by atoms with Gasteiger partial charge in [-0.2, -0.15) is 0 Å². The van der Waals surface area contributed by atoms with Crippen LogP contribution in [-0.4, -0.2) is 93.2 Å². The van der Waals surface area contributed by atoms with Crippen LogP contribution < -0.4 is 10.6 Å². The summed E-state index contributed by atoms with van der Waals surface area (Å²) < 4.78 is 23.9. The van der Waals surface area contributed by atoms with Gasteiger partial charge in [-0.15, -0.1) is 0 Å². The molecule has 2 amide bonds. The van der Waals surface area contributed by atoms with Crippen molar-refractivity contribution in [1.82, 2.24) is 15.5 Å². The first kappa shape index (κ1) is 34.9. The Hall–Kier alpha value is -2.95. The Kier molecular flexibility index (Phi) is 14.2. The van der Waals surface area contributed by atoms with E-state index in [2.05, 4.69) is 36.6 Å². The van der Waals surface area contributed by atoms with E-state index >= 15 is 0 Å². The van der Waals surface area contributed by atoms with Gasteiger partial charge in [-0.1, -0.05) is 49.8 Å². The number of allylic oxidation sites excluding steroid dienone is 3. The van der Waals surface area contributed by atoms with Crippen LogP contribution in [0.1, 0.15) is 71.6 Å². The number of cyclic esters (lactones) is 1. The monoisotopic (exact) mass is 627 g/mol. The molecule has 0 saturated carbocycles. The van der Waals surface area contributed by atoms with E-state index in [1.807, 2.05) is 29.2 Å². The summed E-state index contributed by atoms with van der Waals surface area (Å²) in [5.41, 5.74) is 0.931. The lowest BCUT2D eigenvalue weighted by atomic mass is 9.89. The second-order valence-corrected chi connectivity index (χ2v) is 12.8. The second kappa shape index (κ2) is 18.3. The summed E-state index contributed by atoms with van der Waals surface area (Å²) >= 11 is 0. The van der Waals surface area contributed by atoms with E-state index in [1.165, 1.54) is 7.11 Å². The molecule has 4 aliphatic rings. The van der Waals surface area contributed by atoms with Gasteiger partial charge in [0.25, 0.3) is 0 Å². The van der Waals surface area contributed by atoms with Crippen molar-refractivity contribution in [2.45, 2.75) is 102 Å². The van der Waals surface area contributed by atoms with Crippen LogP contribution in [0.15, 0.2) is 48.1 Å². The van der Waals surface area contributed by atoms with Gasteiger partial charge in [0, 0.05) is 51.1 Å². The number of hydrogen-bond donors (Lipinski definition) is 2. The maximum absolute atomic E-state index is 13.3. The number of ether oxygens (including phenoxy) is 4. The van der Waals surface area contributed by atoms with Crippen molar-refractivity contribution in [3.8, 4) is 0 Å². The number of hydrogen-bond acceptors (Lipinski definition) is 8. The molecule has 7 atom stereocenters. The number of amides is 2. The minimum absolute atomic E-state index is 0.0238. The topological polar surface area (TPSA) is 115 Å². The predicted octanol–water partition coefficient (Wildman–Crippen LogP) is 4.61. The molecule has 4 rings (SSSR count). The smallest absolute Gasteiger partial charge is 0.330 e. The van der Waals surface area contributed by atoms with Crippen LogP contribution in [0.2, 0.25) is 0 Å². The number of piperazine rings is 1. The van der Waals surface area contributed by atoms with Crippen LogP contribution >= 0.6 is 0 Å². The summed E-state index contributed by atoms with van der Waals surface area (Å²) in [5, 5.41) is 6.22. The van der Waals surface area contributed by atoms with E-state index in [-0.39, 0.29) is 48.8 Å². The minimum atomic E-state index is -0.453. The largest absolute Gasteiger partial charge is 0.466 e. The lowest BCUT2D eigenvalue weighted by Crippen LogP contribution is -2.50. The zero-order valence-electron chi connectivity index (χ0n) is 27.3. The van der Waals surface area contributed by atoms with Gasteiger partial charge in [-0.3, -0.25) is 4.79 Å². The Morgan fingerprint density at radius 2 is 1.73 bits per heavy atom. The quantitative estimate of drug-likeness (QED) is 0.144. The van der Waals surface area contributed by atoms with Crippen molar-refractivity contribution in [2.24, 2.45) is 11.8 Å². The number of methoxy groups -OCH3 is 1. The molecule has 4 heterocycles. The number of urea groups is 1. The van der Waals surface area contributed by atoms with E-state index in [4.69, 9.17) is 18.9 Å². The third-order valence-electron chi connectivity index (χ3n) is 8.95. The van der Waals surface area contributed by atoms with E-state index < -0.39 is 12.1 Å². The highest BCUT2D eigenvalue weighted by atomic mass is 16.6. The highest BCUT2D eigenvalue weighted by Crippen LogP contribution is 2.33. The zero-order chi connectivity index (χ0) is 32.0. The Bertz CT molecular complexity index is 1100. The maximum Gasteiger partial charge on any atom is 0.330 e. The van der Waals surface area contributed by atoms with Gasteiger partial charge in [-0.25, -0.2) is 9.59 Å². The van der Waals surface area contributed by atoms with Crippen LogP contribution in [0.4, 0.5) is 4.79 Å². The van der Waals surface area contributed by atoms with Crippen molar-refractivity contribution in [3.05, 3.63) is 48.1 Å². The summed E-state index contributed by atoms with van der Waals surface area (Å²) in [6.45, 7) is 7.93. The Balaban J connectivity index is 1.40.